The minimum absolute atomic E-state index is 0.105. The van der Waals surface area contributed by atoms with Gasteiger partial charge < -0.3 is 19.7 Å². The molecule has 48 heavy (non-hydrogen) atoms. The van der Waals surface area contributed by atoms with E-state index >= 15 is 0 Å². The molecule has 1 saturated heterocycles. The number of Topliss-reactive ketones (excluding diaryl/α,β-unsaturated/α-hetero) is 1. The van der Waals surface area contributed by atoms with Crippen LogP contribution in [0.5, 0.6) is 17.2 Å². The van der Waals surface area contributed by atoms with Gasteiger partial charge in [-0.25, -0.2) is 0 Å². The lowest BCUT2D eigenvalue weighted by atomic mass is 9.95. The molecule has 244 valence electrons. The predicted octanol–water partition coefficient (Wildman–Crippen LogP) is 8.47. The van der Waals surface area contributed by atoms with E-state index in [0.717, 1.165) is 28.0 Å². The summed E-state index contributed by atoms with van der Waals surface area (Å²) in [5.41, 5.74) is 3.58. The van der Waals surface area contributed by atoms with Gasteiger partial charge in [0.25, 0.3) is 5.78 Å². The maximum atomic E-state index is 13.7. The van der Waals surface area contributed by atoms with Crippen LogP contribution in [0.25, 0.3) is 5.76 Å². The highest BCUT2D eigenvalue weighted by Crippen LogP contribution is 2.47. The molecule has 0 aliphatic carbocycles. The highest BCUT2D eigenvalue weighted by atomic mass is 79.9. The fraction of sp³-hybridized carbons (Fsp3) is 0.143. The summed E-state index contributed by atoms with van der Waals surface area (Å²) in [6.07, 6.45) is 0. The van der Waals surface area contributed by atoms with E-state index in [2.05, 4.69) is 26.1 Å². The van der Waals surface area contributed by atoms with Gasteiger partial charge in [0.2, 0.25) is 5.13 Å². The Kier molecular flexibility index (Phi) is 10.1. The van der Waals surface area contributed by atoms with Crippen molar-refractivity contribution in [1.82, 2.24) is 10.2 Å². The molecule has 0 spiro atoms. The lowest BCUT2D eigenvalue weighted by molar-refractivity contribution is -0.132. The monoisotopic (exact) mass is 763 g/mol. The van der Waals surface area contributed by atoms with Crippen molar-refractivity contribution < 1.29 is 29.3 Å². The summed E-state index contributed by atoms with van der Waals surface area (Å²) in [5.74, 6) is -1.15. The summed E-state index contributed by atoms with van der Waals surface area (Å²) in [5, 5.41) is 31.4. The van der Waals surface area contributed by atoms with E-state index in [-0.39, 0.29) is 32.4 Å². The third kappa shape index (κ3) is 6.93. The second-order valence-electron chi connectivity index (χ2n) is 10.8. The van der Waals surface area contributed by atoms with Gasteiger partial charge in [-0.2, -0.15) is 0 Å². The number of amides is 1. The van der Waals surface area contributed by atoms with Gasteiger partial charge in [0.05, 0.1) is 23.2 Å². The number of aliphatic hydroxyl groups is 1. The Labute approximate surface area is 297 Å². The van der Waals surface area contributed by atoms with E-state index in [1.54, 1.807) is 36.4 Å². The minimum Gasteiger partial charge on any atom is -0.507 e. The second kappa shape index (κ2) is 14.4. The lowest BCUT2D eigenvalue weighted by Gasteiger charge is -2.23. The fourth-order valence-corrected chi connectivity index (χ4v) is 7.81. The van der Waals surface area contributed by atoms with Crippen LogP contribution >= 0.6 is 50.6 Å². The molecule has 9 nitrogen and oxygen atoms in total. The number of methoxy groups -OCH3 is 1. The normalized spacial score (nSPS) is 15.6. The third-order valence-corrected chi connectivity index (χ3v) is 10.6. The molecule has 1 fully saturated rings. The highest BCUT2D eigenvalue weighted by molar-refractivity contribution is 9.10. The average Bonchev–Trinajstić information content (AvgIpc) is 3.66. The summed E-state index contributed by atoms with van der Waals surface area (Å²) >= 11 is 12.2. The zero-order valence-electron chi connectivity index (χ0n) is 25.5. The molecule has 1 aliphatic heterocycles. The number of carbonyl (C=O) groups excluding carboxylic acids is 2. The number of phenolic OH excluding ortho intramolecular Hbond substituents is 1. The largest absolute Gasteiger partial charge is 0.507 e. The summed E-state index contributed by atoms with van der Waals surface area (Å²) in [4.78, 5) is 28.6. The standard InChI is InChI=1S/C35H27BrClN3O6S2/c1-19-6-5-7-20(14-19)17-46-24-12-10-21(11-13-24)30(41)28-29(23-15-25(36)31(42)27(16-23)45-2)40(33(44)32(28)43)34-38-39-35(48-34)47-18-22-8-3-4-9-26(22)37/h3-16,29,41-42H,17-18H2,1-2H3. The van der Waals surface area contributed by atoms with Crippen molar-refractivity contribution in [2.24, 2.45) is 0 Å². The maximum absolute atomic E-state index is 13.7. The molecule has 6 rings (SSSR count). The molecule has 4 aromatic carbocycles. The molecule has 1 aliphatic rings. The van der Waals surface area contributed by atoms with Crippen LogP contribution in [0, 0.1) is 6.92 Å². The number of carbonyl (C=O) groups is 2. The Hall–Kier alpha value is -4.36. The van der Waals surface area contributed by atoms with Crippen molar-refractivity contribution in [2.45, 2.75) is 29.7 Å². The molecule has 1 unspecified atom stereocenters. The van der Waals surface area contributed by atoms with Crippen molar-refractivity contribution >= 4 is 73.2 Å². The number of aromatic hydroxyl groups is 1. The molecule has 0 saturated carbocycles. The van der Waals surface area contributed by atoms with Gasteiger partial charge in [-0.05, 0) is 82.0 Å². The van der Waals surface area contributed by atoms with Crippen LogP contribution in [0.15, 0.2) is 99.3 Å². The predicted molar refractivity (Wildman–Crippen MR) is 190 cm³/mol. The van der Waals surface area contributed by atoms with Gasteiger partial charge in [0, 0.05) is 16.3 Å². The van der Waals surface area contributed by atoms with E-state index in [9.17, 15) is 19.8 Å². The molecular weight excluding hydrogens is 738 g/mol. The number of rotatable bonds is 10. The quantitative estimate of drug-likeness (QED) is 0.0474. The Morgan fingerprint density at radius 1 is 1.04 bits per heavy atom. The van der Waals surface area contributed by atoms with Gasteiger partial charge in [0.1, 0.15) is 18.1 Å². The smallest absolute Gasteiger partial charge is 0.301 e. The van der Waals surface area contributed by atoms with E-state index in [4.69, 9.17) is 21.1 Å². The van der Waals surface area contributed by atoms with Crippen LogP contribution in [0.2, 0.25) is 5.02 Å². The van der Waals surface area contributed by atoms with Gasteiger partial charge >= 0.3 is 5.91 Å². The summed E-state index contributed by atoms with van der Waals surface area (Å²) in [7, 11) is 1.39. The highest BCUT2D eigenvalue weighted by Gasteiger charge is 2.48. The van der Waals surface area contributed by atoms with Crippen molar-refractivity contribution in [3.05, 3.63) is 128 Å². The first kappa shape index (κ1) is 33.5. The summed E-state index contributed by atoms with van der Waals surface area (Å²) in [6.45, 7) is 2.37. The van der Waals surface area contributed by atoms with Crippen LogP contribution < -0.4 is 14.4 Å². The van der Waals surface area contributed by atoms with Gasteiger partial charge in [-0.3, -0.25) is 14.5 Å². The van der Waals surface area contributed by atoms with Gasteiger partial charge in [-0.1, -0.05) is 82.7 Å². The number of thioether (sulfide) groups is 1. The molecule has 13 heteroatoms. The maximum Gasteiger partial charge on any atom is 0.301 e. The Morgan fingerprint density at radius 2 is 1.81 bits per heavy atom. The number of benzene rings is 4. The molecule has 5 aromatic rings. The average molecular weight is 765 g/mol. The molecule has 1 amide bonds. The second-order valence-corrected chi connectivity index (χ2v) is 14.2. The Balaban J connectivity index is 1.35. The molecule has 0 radical (unpaired) electrons. The van der Waals surface area contributed by atoms with Crippen molar-refractivity contribution in [1.29, 1.82) is 0 Å². The first-order valence-electron chi connectivity index (χ1n) is 14.5. The lowest BCUT2D eigenvalue weighted by Crippen LogP contribution is -2.29. The molecule has 1 aromatic heterocycles. The van der Waals surface area contributed by atoms with Gasteiger partial charge in [0.15, 0.2) is 15.8 Å². The zero-order chi connectivity index (χ0) is 33.9. The number of hydrogen-bond acceptors (Lipinski definition) is 10. The number of aliphatic hydroxyl groups excluding tert-OH is 1. The molecular formula is C35H27BrClN3O6S2. The number of ether oxygens (including phenoxy) is 2. The SMILES string of the molecule is COc1cc(C2C(=C(O)c3ccc(OCc4cccc(C)c4)cc3)C(=O)C(=O)N2c2nnc(SCc3ccccc3Cl)s2)cc(Br)c1O. The van der Waals surface area contributed by atoms with Gasteiger partial charge in [-0.15, -0.1) is 10.2 Å². The number of phenols is 1. The number of aryl methyl sites for hydroxylation is 1. The van der Waals surface area contributed by atoms with Crippen LogP contribution in [0.1, 0.15) is 33.9 Å². The van der Waals surface area contributed by atoms with E-state index in [0.29, 0.717) is 38.6 Å². The van der Waals surface area contributed by atoms with Crippen molar-refractivity contribution in [2.75, 3.05) is 12.0 Å². The Morgan fingerprint density at radius 3 is 2.54 bits per heavy atom. The number of aromatic nitrogens is 2. The Bertz CT molecular complexity index is 2050. The van der Waals surface area contributed by atoms with Crippen molar-refractivity contribution in [3.63, 3.8) is 0 Å². The molecule has 2 N–H and O–H groups in total. The summed E-state index contributed by atoms with van der Waals surface area (Å²) < 4.78 is 12.1. The van der Waals surface area contributed by atoms with Crippen LogP contribution in [-0.2, 0) is 21.9 Å². The van der Waals surface area contributed by atoms with Crippen molar-refractivity contribution in [3.8, 4) is 17.2 Å². The number of hydrogen-bond donors (Lipinski definition) is 2. The van der Waals surface area contributed by atoms with E-state index in [1.165, 1.54) is 29.8 Å². The molecule has 2 heterocycles. The minimum atomic E-state index is -1.12. The topological polar surface area (TPSA) is 122 Å². The zero-order valence-corrected chi connectivity index (χ0v) is 29.5. The first-order chi connectivity index (χ1) is 23.1. The number of nitrogens with zero attached hydrogens (tertiary/aromatic N) is 3. The molecule has 1 atom stereocenters. The van der Waals surface area contributed by atoms with E-state index < -0.39 is 17.7 Å². The number of ketones is 1. The molecule has 0 bridgehead atoms. The fourth-order valence-electron chi connectivity index (χ4n) is 5.20. The number of halogens is 2. The van der Waals surface area contributed by atoms with Crippen LogP contribution in [0.4, 0.5) is 5.13 Å². The third-order valence-electron chi connectivity index (χ3n) is 7.56. The number of anilines is 1. The van der Waals surface area contributed by atoms with E-state index in [1.807, 2.05) is 49.4 Å². The van der Waals surface area contributed by atoms with Crippen LogP contribution in [0.3, 0.4) is 0 Å². The first-order valence-corrected chi connectivity index (χ1v) is 17.5. The van der Waals surface area contributed by atoms with Crippen LogP contribution in [-0.4, -0.2) is 39.2 Å². The summed E-state index contributed by atoms with van der Waals surface area (Å²) in [6, 6.07) is 24.0.